The molecule has 18 nitrogen and oxygen atoms in total. The predicted molar refractivity (Wildman–Crippen MR) is 300 cm³/mol. The fourth-order valence-corrected chi connectivity index (χ4v) is 12.4. The summed E-state index contributed by atoms with van der Waals surface area (Å²) in [5.41, 5.74) is 1.55. The molecule has 0 bridgehead atoms. The lowest BCUT2D eigenvalue weighted by molar-refractivity contribution is -0.331. The van der Waals surface area contributed by atoms with Gasteiger partial charge in [0.05, 0.1) is 61.0 Å². The first-order chi connectivity index (χ1) is 37.8. The first-order valence-electron chi connectivity index (χ1n) is 29.8. The van der Waals surface area contributed by atoms with Crippen molar-refractivity contribution in [3.05, 3.63) is 71.9 Å². The van der Waals surface area contributed by atoms with Gasteiger partial charge in [0, 0.05) is 86.2 Å². The maximum atomic E-state index is 13.9. The first kappa shape index (κ1) is 67.6. The molecule has 5 heterocycles. The summed E-state index contributed by atoms with van der Waals surface area (Å²) in [7, 11) is 0. The minimum absolute atomic E-state index is 0.00199. The van der Waals surface area contributed by atoms with Crippen LogP contribution in [0, 0.1) is 35.5 Å². The molecule has 0 amide bonds. The molecule has 80 heavy (non-hydrogen) atoms. The number of aliphatic hydroxyl groups is 8. The van der Waals surface area contributed by atoms with Crippen molar-refractivity contribution in [2.24, 2.45) is 35.5 Å². The standard InChI is InChI=1S/C62H100O18/c1-13-41-21-19-23-43(15-3)59(35(7)49(65)31-61(71)33-51(45(17-5)37(9)79-61)75-55-29-47(63)57(69)39(11)73-55)78-54(68)28-26-42(14-2)22-20-24-44(16-4)60(77-53(67)27-25-41)36(8)50(66)32-62(72)34-52(46(18-6)38(10)80-62)76-56-30-48(64)58(70)40(12)74-56/h19-28,35-40,43-52,55-60,63-66,69-72H,13-18,29-34H2,1-12H3/b23-19+,24-20+,27-25+,28-26?,41-21+,42-22+. The fraction of sp³-hybridized carbons (Fsp3) is 0.774. The summed E-state index contributed by atoms with van der Waals surface area (Å²) in [5, 5.41) is 89.7. The van der Waals surface area contributed by atoms with E-state index >= 15 is 0 Å². The predicted octanol–water partition coefficient (Wildman–Crippen LogP) is 7.08. The molecule has 4 saturated heterocycles. The molecule has 18 heteroatoms. The lowest BCUT2D eigenvalue weighted by atomic mass is 9.80. The quantitative estimate of drug-likeness (QED) is 0.0637. The summed E-state index contributed by atoms with van der Waals surface area (Å²) in [4.78, 5) is 27.8. The second-order valence-electron chi connectivity index (χ2n) is 23.4. The number of esters is 2. The van der Waals surface area contributed by atoms with Gasteiger partial charge in [-0.1, -0.05) is 104 Å². The smallest absolute Gasteiger partial charge is 0.331 e. The average Bonchev–Trinajstić information content (AvgIpc) is 3.39. The zero-order valence-electron chi connectivity index (χ0n) is 49.6. The number of carbonyl (C=O) groups is 2. The van der Waals surface area contributed by atoms with Crippen LogP contribution < -0.4 is 0 Å². The number of carbonyl (C=O) groups excluding carboxylic acids is 2. The van der Waals surface area contributed by atoms with E-state index in [2.05, 4.69) is 0 Å². The van der Waals surface area contributed by atoms with Crippen LogP contribution in [0.25, 0.3) is 0 Å². The number of allylic oxidation sites excluding steroid dienone is 8. The molecule has 0 saturated carbocycles. The van der Waals surface area contributed by atoms with E-state index in [1.54, 1.807) is 39.8 Å². The molecule has 4 fully saturated rings. The lowest BCUT2D eigenvalue weighted by Crippen LogP contribution is -2.56. The van der Waals surface area contributed by atoms with Gasteiger partial charge in [-0.05, 0) is 77.4 Å². The highest BCUT2D eigenvalue weighted by molar-refractivity contribution is 5.83. The van der Waals surface area contributed by atoms with Crippen LogP contribution in [0.3, 0.4) is 0 Å². The van der Waals surface area contributed by atoms with Gasteiger partial charge in [0.15, 0.2) is 24.2 Å². The minimum atomic E-state index is -1.83. The van der Waals surface area contributed by atoms with E-state index in [9.17, 15) is 50.4 Å². The molecule has 456 valence electrons. The van der Waals surface area contributed by atoms with Crippen LogP contribution in [0.2, 0.25) is 0 Å². The molecule has 0 aromatic heterocycles. The van der Waals surface area contributed by atoms with Crippen LogP contribution in [0.4, 0.5) is 0 Å². The van der Waals surface area contributed by atoms with E-state index in [0.29, 0.717) is 38.5 Å². The molecule has 24 unspecified atom stereocenters. The van der Waals surface area contributed by atoms with Crippen molar-refractivity contribution >= 4 is 11.9 Å². The number of cyclic esters (lactones) is 2. The van der Waals surface area contributed by atoms with Crippen LogP contribution in [0.15, 0.2) is 71.9 Å². The van der Waals surface area contributed by atoms with Crippen molar-refractivity contribution in [1.29, 1.82) is 0 Å². The molecule has 24 atom stereocenters. The monoisotopic (exact) mass is 1130 g/mol. The molecule has 5 rings (SSSR count). The van der Waals surface area contributed by atoms with Crippen LogP contribution >= 0.6 is 0 Å². The topological polar surface area (TPSA) is 270 Å². The number of hydrogen-bond donors (Lipinski definition) is 8. The molecule has 5 aliphatic heterocycles. The number of aliphatic hydroxyl groups excluding tert-OH is 6. The average molecular weight is 1130 g/mol. The van der Waals surface area contributed by atoms with E-state index in [1.807, 2.05) is 91.8 Å². The SMILES string of the molecule is CC/C1=C\C=C\C(CC)C(C(C)C(O)CC2(O)CC(OC3CC(O)C(O)C(C)O3)C(CC)C(C)O2)OC(=O)/C=C/C(CC)=C/C=C/C(CC)C(C(C)C(O)CC2(O)CC(OC3CC(O)C(O)C(C)O3)C(CC)C(C)O2)OC(=O)C=C1. The highest BCUT2D eigenvalue weighted by atomic mass is 16.7. The van der Waals surface area contributed by atoms with E-state index in [0.717, 1.165) is 11.1 Å². The summed E-state index contributed by atoms with van der Waals surface area (Å²) in [6.07, 6.45) is 6.90. The van der Waals surface area contributed by atoms with Crippen LogP contribution in [0.1, 0.15) is 160 Å². The van der Waals surface area contributed by atoms with Crippen molar-refractivity contribution in [2.75, 3.05) is 0 Å². The Morgan fingerprint density at radius 1 is 0.562 bits per heavy atom. The van der Waals surface area contributed by atoms with Gasteiger partial charge in [-0.15, -0.1) is 0 Å². The number of ether oxygens (including phenoxy) is 8. The van der Waals surface area contributed by atoms with Gasteiger partial charge in [0.1, 0.15) is 24.4 Å². The maximum absolute atomic E-state index is 13.9. The molecule has 8 N–H and O–H groups in total. The van der Waals surface area contributed by atoms with E-state index in [1.165, 1.54) is 12.2 Å². The second kappa shape index (κ2) is 31.1. The summed E-state index contributed by atoms with van der Waals surface area (Å²) in [5.74, 6) is -7.44. The summed E-state index contributed by atoms with van der Waals surface area (Å²) < 4.78 is 49.6. The van der Waals surface area contributed by atoms with Gasteiger partial charge >= 0.3 is 11.9 Å². The summed E-state index contributed by atoms with van der Waals surface area (Å²) in [6, 6.07) is 0. The van der Waals surface area contributed by atoms with E-state index in [4.69, 9.17) is 37.9 Å². The Morgan fingerprint density at radius 3 is 1.24 bits per heavy atom. The molecule has 0 radical (unpaired) electrons. The Labute approximate surface area is 475 Å². The van der Waals surface area contributed by atoms with Crippen molar-refractivity contribution in [2.45, 2.75) is 270 Å². The Hall–Kier alpha value is -3.18. The molecule has 0 aromatic carbocycles. The van der Waals surface area contributed by atoms with Gasteiger partial charge in [-0.2, -0.15) is 0 Å². The molecule has 0 aliphatic carbocycles. The lowest BCUT2D eigenvalue weighted by Gasteiger charge is -2.48. The highest BCUT2D eigenvalue weighted by Gasteiger charge is 2.51. The normalized spacial score (nSPS) is 43.2. The third kappa shape index (κ3) is 18.4. The Bertz CT molecular complexity index is 1950. The molecular weight excluding hydrogens is 1030 g/mol. The summed E-state index contributed by atoms with van der Waals surface area (Å²) in [6.45, 7) is 22.3. The van der Waals surface area contributed by atoms with Crippen LogP contribution in [-0.2, 0) is 47.5 Å². The Morgan fingerprint density at radius 2 is 0.925 bits per heavy atom. The molecule has 0 spiro atoms. The van der Waals surface area contributed by atoms with E-state index in [-0.39, 0.29) is 50.4 Å². The van der Waals surface area contributed by atoms with Crippen molar-refractivity contribution in [3.63, 3.8) is 0 Å². The summed E-state index contributed by atoms with van der Waals surface area (Å²) >= 11 is 0. The number of rotatable bonds is 18. The van der Waals surface area contributed by atoms with Gasteiger partial charge in [-0.25, -0.2) is 9.59 Å². The largest absolute Gasteiger partial charge is 0.458 e. The third-order valence-corrected chi connectivity index (χ3v) is 17.6. The van der Waals surface area contributed by atoms with Gasteiger partial charge in [-0.3, -0.25) is 0 Å². The van der Waals surface area contributed by atoms with Crippen LogP contribution in [0.5, 0.6) is 0 Å². The fourth-order valence-electron chi connectivity index (χ4n) is 12.4. The van der Waals surface area contributed by atoms with Gasteiger partial charge in [0.25, 0.3) is 0 Å². The third-order valence-electron chi connectivity index (χ3n) is 17.6. The maximum Gasteiger partial charge on any atom is 0.331 e. The zero-order valence-corrected chi connectivity index (χ0v) is 49.6. The van der Waals surface area contributed by atoms with Crippen molar-refractivity contribution in [3.8, 4) is 0 Å². The highest BCUT2D eigenvalue weighted by Crippen LogP contribution is 2.43. The van der Waals surface area contributed by atoms with Gasteiger partial charge in [0.2, 0.25) is 0 Å². The van der Waals surface area contributed by atoms with E-state index < -0.39 is 145 Å². The van der Waals surface area contributed by atoms with Crippen LogP contribution in [-0.4, -0.2) is 162 Å². The molecule has 0 aromatic rings. The molecule has 5 aliphatic rings. The van der Waals surface area contributed by atoms with Crippen molar-refractivity contribution < 1.29 is 88.3 Å². The zero-order chi connectivity index (χ0) is 59.2. The molecular formula is C62H100O18. The van der Waals surface area contributed by atoms with Gasteiger partial charge < -0.3 is 78.7 Å². The van der Waals surface area contributed by atoms with Crippen molar-refractivity contribution in [1.82, 2.24) is 0 Å². The first-order valence-corrected chi connectivity index (χ1v) is 29.8. The second-order valence-corrected chi connectivity index (χ2v) is 23.4. The minimum Gasteiger partial charge on any atom is -0.458 e. The number of hydrogen-bond acceptors (Lipinski definition) is 18. The Balaban J connectivity index is 1.37. The Kier molecular flexibility index (Phi) is 26.3.